The predicted molar refractivity (Wildman–Crippen MR) is 83.0 cm³/mol. The van der Waals surface area contributed by atoms with Crippen LogP contribution < -0.4 is 10.1 Å². The molecule has 5 heteroatoms. The van der Waals surface area contributed by atoms with Crippen LogP contribution in [-0.2, 0) is 4.79 Å². The molecule has 0 radical (unpaired) electrons. The number of aliphatic carboxylic acids is 1. The van der Waals surface area contributed by atoms with Crippen LogP contribution in [0.1, 0.15) is 43.5 Å². The summed E-state index contributed by atoms with van der Waals surface area (Å²) in [6.45, 7) is 4.44. The van der Waals surface area contributed by atoms with E-state index in [-0.39, 0.29) is 11.8 Å². The fourth-order valence-corrected chi connectivity index (χ4v) is 2.11. The summed E-state index contributed by atoms with van der Waals surface area (Å²) in [5, 5.41) is 11.8. The second-order valence-corrected chi connectivity index (χ2v) is 5.95. The van der Waals surface area contributed by atoms with Crippen molar-refractivity contribution in [1.29, 1.82) is 0 Å². The van der Waals surface area contributed by atoms with Gasteiger partial charge < -0.3 is 15.2 Å². The summed E-state index contributed by atoms with van der Waals surface area (Å²) in [5.41, 5.74) is 0.438. The van der Waals surface area contributed by atoms with Crippen molar-refractivity contribution in [2.75, 3.05) is 6.61 Å². The number of rotatable bonds is 8. The van der Waals surface area contributed by atoms with E-state index in [0.29, 0.717) is 17.9 Å². The molecule has 22 heavy (non-hydrogen) atoms. The van der Waals surface area contributed by atoms with Crippen LogP contribution in [0, 0.1) is 11.8 Å². The number of ether oxygens (including phenoxy) is 1. The lowest BCUT2D eigenvalue weighted by molar-refractivity contribution is -0.140. The highest BCUT2D eigenvalue weighted by molar-refractivity contribution is 5.96. The number of carbonyl (C=O) groups excluding carboxylic acids is 1. The zero-order valence-electron chi connectivity index (χ0n) is 13.0. The summed E-state index contributed by atoms with van der Waals surface area (Å²) in [5.74, 6) is -0.0916. The topological polar surface area (TPSA) is 75.6 Å². The summed E-state index contributed by atoms with van der Waals surface area (Å²) < 4.78 is 5.61. The number of hydrogen-bond donors (Lipinski definition) is 2. The lowest BCUT2D eigenvalue weighted by Crippen LogP contribution is -2.45. The number of carboxylic acid groups (broad SMARTS) is 1. The van der Waals surface area contributed by atoms with E-state index in [2.05, 4.69) is 5.32 Å². The van der Waals surface area contributed by atoms with Crippen LogP contribution in [0.4, 0.5) is 0 Å². The van der Waals surface area contributed by atoms with E-state index < -0.39 is 12.0 Å². The maximum Gasteiger partial charge on any atom is 0.326 e. The Morgan fingerprint density at radius 2 is 1.95 bits per heavy atom. The molecule has 0 aliphatic heterocycles. The van der Waals surface area contributed by atoms with E-state index in [1.807, 2.05) is 13.8 Å². The summed E-state index contributed by atoms with van der Waals surface area (Å²) in [6.07, 6.45) is 3.14. The minimum absolute atomic E-state index is 0.123. The van der Waals surface area contributed by atoms with E-state index in [1.54, 1.807) is 24.3 Å². The average molecular weight is 305 g/mol. The van der Waals surface area contributed by atoms with E-state index in [4.69, 9.17) is 4.74 Å². The molecule has 0 bridgehead atoms. The van der Waals surface area contributed by atoms with Crippen LogP contribution in [0.5, 0.6) is 5.75 Å². The Balaban J connectivity index is 1.94. The number of hydrogen-bond acceptors (Lipinski definition) is 3. The molecule has 1 amide bonds. The molecule has 0 spiro atoms. The average Bonchev–Trinajstić information content (AvgIpc) is 3.34. The van der Waals surface area contributed by atoms with E-state index in [1.165, 1.54) is 12.8 Å². The first-order valence-electron chi connectivity index (χ1n) is 7.77. The molecular formula is C17H23NO4. The molecule has 2 rings (SSSR count). The Morgan fingerprint density at radius 1 is 1.32 bits per heavy atom. The fourth-order valence-electron chi connectivity index (χ4n) is 2.11. The third-order valence-electron chi connectivity index (χ3n) is 4.06. The number of benzene rings is 1. The van der Waals surface area contributed by atoms with Crippen LogP contribution in [0.15, 0.2) is 24.3 Å². The molecule has 1 aliphatic rings. The highest BCUT2D eigenvalue weighted by Crippen LogP contribution is 2.29. The smallest absolute Gasteiger partial charge is 0.326 e. The van der Waals surface area contributed by atoms with E-state index in [9.17, 15) is 14.7 Å². The molecule has 2 unspecified atom stereocenters. The lowest BCUT2D eigenvalue weighted by atomic mass is 9.99. The molecule has 120 valence electrons. The van der Waals surface area contributed by atoms with Gasteiger partial charge in [-0.05, 0) is 48.9 Å². The van der Waals surface area contributed by atoms with Crippen LogP contribution in [0.3, 0.4) is 0 Å². The van der Waals surface area contributed by atoms with Crippen molar-refractivity contribution in [3.05, 3.63) is 29.8 Å². The highest BCUT2D eigenvalue weighted by Gasteiger charge is 2.26. The van der Waals surface area contributed by atoms with Gasteiger partial charge in [0.25, 0.3) is 5.91 Å². The number of carbonyl (C=O) groups is 2. The summed E-state index contributed by atoms with van der Waals surface area (Å²) in [7, 11) is 0. The number of carboxylic acids is 1. The molecule has 2 N–H and O–H groups in total. The van der Waals surface area contributed by atoms with E-state index >= 15 is 0 Å². The second-order valence-electron chi connectivity index (χ2n) is 5.95. The minimum Gasteiger partial charge on any atom is -0.493 e. The monoisotopic (exact) mass is 305 g/mol. The Kier molecular flexibility index (Phi) is 5.41. The molecule has 1 aromatic rings. The largest absolute Gasteiger partial charge is 0.493 e. The number of amides is 1. The van der Waals surface area contributed by atoms with Gasteiger partial charge in [-0.15, -0.1) is 0 Å². The standard InChI is InChI=1S/C17H23NO4/c1-3-11(2)15(17(20)21)18-16(19)13-6-8-14(9-7-13)22-10-12-4-5-12/h6-9,11-12,15H,3-5,10H2,1-2H3,(H,18,19)(H,20,21). The lowest BCUT2D eigenvalue weighted by Gasteiger charge is -2.20. The Morgan fingerprint density at radius 3 is 2.45 bits per heavy atom. The first kappa shape index (κ1) is 16.3. The van der Waals surface area contributed by atoms with Gasteiger partial charge in [-0.3, -0.25) is 4.79 Å². The molecule has 1 fully saturated rings. The van der Waals surface area contributed by atoms with Crippen LogP contribution in [0.2, 0.25) is 0 Å². The van der Waals surface area contributed by atoms with Gasteiger partial charge in [0.1, 0.15) is 11.8 Å². The first-order chi connectivity index (χ1) is 10.5. The molecular weight excluding hydrogens is 282 g/mol. The first-order valence-corrected chi connectivity index (χ1v) is 7.77. The molecule has 1 saturated carbocycles. The fraction of sp³-hybridized carbons (Fsp3) is 0.529. The maximum atomic E-state index is 12.2. The molecule has 0 saturated heterocycles. The minimum atomic E-state index is -1.01. The van der Waals surface area contributed by atoms with Crippen molar-refractivity contribution in [2.45, 2.75) is 39.2 Å². The third kappa shape index (κ3) is 4.48. The van der Waals surface area contributed by atoms with Gasteiger partial charge in [-0.25, -0.2) is 4.79 Å². The van der Waals surface area contributed by atoms with Gasteiger partial charge in [-0.2, -0.15) is 0 Å². The van der Waals surface area contributed by atoms with Gasteiger partial charge in [-0.1, -0.05) is 20.3 Å². The summed E-state index contributed by atoms with van der Waals surface area (Å²) in [6, 6.07) is 5.94. The third-order valence-corrected chi connectivity index (χ3v) is 4.06. The zero-order chi connectivity index (χ0) is 16.1. The van der Waals surface area contributed by atoms with Gasteiger partial charge in [0.2, 0.25) is 0 Å². The van der Waals surface area contributed by atoms with Crippen molar-refractivity contribution in [3.8, 4) is 5.75 Å². The zero-order valence-corrected chi connectivity index (χ0v) is 13.0. The Bertz CT molecular complexity index is 522. The Labute approximate surface area is 130 Å². The molecule has 2 atom stereocenters. The molecule has 0 aromatic heterocycles. The van der Waals surface area contributed by atoms with Gasteiger partial charge in [0, 0.05) is 5.56 Å². The van der Waals surface area contributed by atoms with Crippen molar-refractivity contribution in [3.63, 3.8) is 0 Å². The van der Waals surface area contributed by atoms with Crippen molar-refractivity contribution in [1.82, 2.24) is 5.32 Å². The van der Waals surface area contributed by atoms with Crippen LogP contribution in [-0.4, -0.2) is 29.6 Å². The molecule has 5 nitrogen and oxygen atoms in total. The molecule has 0 heterocycles. The molecule has 1 aromatic carbocycles. The SMILES string of the molecule is CCC(C)C(NC(=O)c1ccc(OCC2CC2)cc1)C(=O)O. The summed E-state index contributed by atoms with van der Waals surface area (Å²) in [4.78, 5) is 23.4. The van der Waals surface area contributed by atoms with Gasteiger partial charge in [0.05, 0.1) is 6.61 Å². The molecule has 1 aliphatic carbocycles. The van der Waals surface area contributed by atoms with Crippen molar-refractivity contribution in [2.24, 2.45) is 11.8 Å². The van der Waals surface area contributed by atoms with Crippen LogP contribution >= 0.6 is 0 Å². The van der Waals surface area contributed by atoms with Crippen molar-refractivity contribution >= 4 is 11.9 Å². The normalized spacial score (nSPS) is 16.6. The maximum absolute atomic E-state index is 12.2. The predicted octanol–water partition coefficient (Wildman–Crippen LogP) is 2.70. The van der Waals surface area contributed by atoms with Gasteiger partial charge >= 0.3 is 5.97 Å². The van der Waals surface area contributed by atoms with Crippen LogP contribution in [0.25, 0.3) is 0 Å². The highest BCUT2D eigenvalue weighted by atomic mass is 16.5. The van der Waals surface area contributed by atoms with E-state index in [0.717, 1.165) is 12.4 Å². The van der Waals surface area contributed by atoms with Gasteiger partial charge in [0.15, 0.2) is 0 Å². The second kappa shape index (κ2) is 7.29. The number of nitrogens with one attached hydrogen (secondary N) is 1. The Hall–Kier alpha value is -2.04. The van der Waals surface area contributed by atoms with Crippen molar-refractivity contribution < 1.29 is 19.4 Å². The quantitative estimate of drug-likeness (QED) is 0.774. The summed E-state index contributed by atoms with van der Waals surface area (Å²) >= 11 is 0.